The number of thioether (sulfide) groups is 1. The van der Waals surface area contributed by atoms with Crippen LogP contribution in [-0.2, 0) is 4.79 Å². The Bertz CT molecular complexity index is 1100. The van der Waals surface area contributed by atoms with Crippen LogP contribution in [0, 0.1) is 13.8 Å². The van der Waals surface area contributed by atoms with Gasteiger partial charge in [0.15, 0.2) is 0 Å². The van der Waals surface area contributed by atoms with Crippen LogP contribution in [0.5, 0.6) is 0 Å². The van der Waals surface area contributed by atoms with Crippen molar-refractivity contribution in [2.75, 3.05) is 5.32 Å². The van der Waals surface area contributed by atoms with Gasteiger partial charge in [-0.2, -0.15) is 0 Å². The van der Waals surface area contributed by atoms with Crippen molar-refractivity contribution in [3.05, 3.63) is 83.8 Å². The Labute approximate surface area is 172 Å². The highest BCUT2D eigenvalue weighted by Gasteiger charge is 2.25. The van der Waals surface area contributed by atoms with Gasteiger partial charge in [-0.25, -0.2) is 0 Å². The lowest BCUT2D eigenvalue weighted by molar-refractivity contribution is -0.115. The molecular weight excluding hydrogens is 386 g/mol. The molecule has 2 aromatic heterocycles. The van der Waals surface area contributed by atoms with E-state index in [2.05, 4.69) is 15.5 Å². The Hall–Kier alpha value is -3.32. The van der Waals surface area contributed by atoms with Crippen molar-refractivity contribution in [2.24, 2.45) is 0 Å². The van der Waals surface area contributed by atoms with E-state index >= 15 is 0 Å². The fraction of sp³-hybridized carbons (Fsp3) is 0.136. The number of nitrogens with one attached hydrogen (secondary N) is 1. The van der Waals surface area contributed by atoms with Crippen LogP contribution in [0.2, 0.25) is 0 Å². The summed E-state index contributed by atoms with van der Waals surface area (Å²) in [5, 5.41) is 10.9. The summed E-state index contributed by atoms with van der Waals surface area (Å²) < 4.78 is 11.1. The maximum absolute atomic E-state index is 13.1. The molecule has 1 unspecified atom stereocenters. The minimum atomic E-state index is -0.545. The average molecular weight is 405 g/mol. The summed E-state index contributed by atoms with van der Waals surface area (Å²) in [5.74, 6) is 0.899. The maximum Gasteiger partial charge on any atom is 0.277 e. The van der Waals surface area contributed by atoms with Crippen molar-refractivity contribution in [2.45, 2.75) is 24.3 Å². The van der Waals surface area contributed by atoms with Crippen LogP contribution in [0.3, 0.4) is 0 Å². The predicted octanol–water partition coefficient (Wildman–Crippen LogP) is 5.42. The summed E-state index contributed by atoms with van der Waals surface area (Å²) in [6.45, 7) is 3.83. The molecule has 0 aliphatic heterocycles. The van der Waals surface area contributed by atoms with Gasteiger partial charge in [0, 0.05) is 5.69 Å². The van der Waals surface area contributed by atoms with E-state index in [0.717, 1.165) is 22.4 Å². The van der Waals surface area contributed by atoms with E-state index in [9.17, 15) is 4.79 Å². The monoisotopic (exact) mass is 405 g/mol. The largest absolute Gasteiger partial charge is 0.469 e. The van der Waals surface area contributed by atoms with Gasteiger partial charge in [-0.15, -0.1) is 10.2 Å². The normalized spacial score (nSPS) is 11.9. The number of furan rings is 1. The molecule has 0 bridgehead atoms. The molecule has 1 N–H and O–H groups in total. The van der Waals surface area contributed by atoms with Crippen molar-refractivity contribution < 1.29 is 13.6 Å². The second kappa shape index (κ2) is 8.36. The molecule has 0 fully saturated rings. The van der Waals surface area contributed by atoms with E-state index in [1.807, 2.05) is 68.4 Å². The second-order valence-electron chi connectivity index (χ2n) is 6.53. The number of anilines is 1. The zero-order valence-corrected chi connectivity index (χ0v) is 16.8. The van der Waals surface area contributed by atoms with Gasteiger partial charge in [-0.3, -0.25) is 4.79 Å². The number of aryl methyl sites for hydroxylation is 2. The third-order valence-corrected chi connectivity index (χ3v) is 5.46. The molecule has 1 amide bonds. The van der Waals surface area contributed by atoms with E-state index in [-0.39, 0.29) is 5.91 Å². The molecule has 0 aliphatic rings. The summed E-state index contributed by atoms with van der Waals surface area (Å²) in [6.07, 6.45) is 1.57. The second-order valence-corrected chi connectivity index (χ2v) is 7.58. The number of hydrogen-bond donors (Lipinski definition) is 1. The number of hydrogen-bond acceptors (Lipinski definition) is 6. The highest BCUT2D eigenvalue weighted by atomic mass is 32.2. The van der Waals surface area contributed by atoms with Gasteiger partial charge in [0.1, 0.15) is 11.0 Å². The van der Waals surface area contributed by atoms with Crippen molar-refractivity contribution in [1.29, 1.82) is 0 Å². The smallest absolute Gasteiger partial charge is 0.277 e. The quantitative estimate of drug-likeness (QED) is 0.432. The van der Waals surface area contributed by atoms with E-state index < -0.39 is 5.25 Å². The maximum atomic E-state index is 13.1. The first-order valence-electron chi connectivity index (χ1n) is 9.07. The van der Waals surface area contributed by atoms with Crippen molar-refractivity contribution in [1.82, 2.24) is 10.2 Å². The van der Waals surface area contributed by atoms with Gasteiger partial charge in [0.05, 0.1) is 11.8 Å². The SMILES string of the molecule is Cc1ccc(NC(=O)C(Sc2nnc(-c3ccoc3C)o2)c2ccccc2)cc1. The van der Waals surface area contributed by atoms with Gasteiger partial charge >= 0.3 is 0 Å². The molecule has 0 aliphatic carbocycles. The molecule has 0 spiro atoms. The molecule has 7 heteroatoms. The molecule has 29 heavy (non-hydrogen) atoms. The lowest BCUT2D eigenvalue weighted by atomic mass is 10.1. The molecule has 4 aromatic rings. The number of rotatable bonds is 6. The Balaban J connectivity index is 1.58. The summed E-state index contributed by atoms with van der Waals surface area (Å²) >= 11 is 1.21. The van der Waals surface area contributed by atoms with Crippen LogP contribution in [0.25, 0.3) is 11.5 Å². The molecule has 6 nitrogen and oxygen atoms in total. The van der Waals surface area contributed by atoms with Crippen molar-refractivity contribution >= 4 is 23.4 Å². The summed E-state index contributed by atoms with van der Waals surface area (Å²) in [5.41, 5.74) is 3.46. The molecule has 2 aromatic carbocycles. The summed E-state index contributed by atoms with van der Waals surface area (Å²) in [7, 11) is 0. The van der Waals surface area contributed by atoms with Gasteiger partial charge < -0.3 is 14.2 Å². The zero-order valence-electron chi connectivity index (χ0n) is 16.0. The molecule has 146 valence electrons. The molecule has 2 heterocycles. The number of amides is 1. The van der Waals surface area contributed by atoms with Crippen LogP contribution in [-0.4, -0.2) is 16.1 Å². The third kappa shape index (κ3) is 4.41. The molecule has 0 saturated heterocycles. The highest BCUT2D eigenvalue weighted by molar-refractivity contribution is 8.00. The Morgan fingerprint density at radius 1 is 1.00 bits per heavy atom. The first-order chi connectivity index (χ1) is 14.1. The van der Waals surface area contributed by atoms with Crippen LogP contribution >= 0.6 is 11.8 Å². The number of carbonyl (C=O) groups is 1. The Kier molecular flexibility index (Phi) is 5.48. The number of carbonyl (C=O) groups excluding carboxylic acids is 1. The summed E-state index contributed by atoms with van der Waals surface area (Å²) in [4.78, 5) is 13.1. The third-order valence-electron chi connectivity index (χ3n) is 4.37. The Morgan fingerprint density at radius 2 is 1.76 bits per heavy atom. The lowest BCUT2D eigenvalue weighted by Crippen LogP contribution is -2.19. The molecule has 1 atom stereocenters. The van der Waals surface area contributed by atoms with Crippen molar-refractivity contribution in [3.8, 4) is 11.5 Å². The van der Waals surface area contributed by atoms with Gasteiger partial charge in [-0.05, 0) is 49.4 Å². The highest BCUT2D eigenvalue weighted by Crippen LogP contribution is 2.37. The number of nitrogens with zero attached hydrogens (tertiary/aromatic N) is 2. The fourth-order valence-corrected chi connectivity index (χ4v) is 3.70. The van der Waals surface area contributed by atoms with Gasteiger partial charge in [0.25, 0.3) is 11.1 Å². The minimum Gasteiger partial charge on any atom is -0.469 e. The topological polar surface area (TPSA) is 81.2 Å². The van der Waals surface area contributed by atoms with Crippen molar-refractivity contribution in [3.63, 3.8) is 0 Å². The van der Waals surface area contributed by atoms with E-state index in [1.54, 1.807) is 12.3 Å². The summed E-state index contributed by atoms with van der Waals surface area (Å²) in [6, 6.07) is 19.0. The van der Waals surface area contributed by atoms with E-state index in [0.29, 0.717) is 16.9 Å². The standard InChI is InChI=1S/C22H19N3O3S/c1-14-8-10-17(11-9-14)23-20(26)19(16-6-4-3-5-7-16)29-22-25-24-21(28-22)18-12-13-27-15(18)2/h3-13,19H,1-2H3,(H,23,26). The first-order valence-corrected chi connectivity index (χ1v) is 9.95. The number of aromatic nitrogens is 2. The fourth-order valence-electron chi connectivity index (χ4n) is 2.82. The van der Waals surface area contributed by atoms with Crippen LogP contribution < -0.4 is 5.32 Å². The first kappa shape index (κ1) is 19.0. The molecule has 0 radical (unpaired) electrons. The zero-order chi connectivity index (χ0) is 20.2. The van der Waals surface area contributed by atoms with Gasteiger partial charge in [-0.1, -0.05) is 48.0 Å². The van der Waals surface area contributed by atoms with Crippen LogP contribution in [0.1, 0.15) is 22.1 Å². The number of benzene rings is 2. The minimum absolute atomic E-state index is 0.163. The van der Waals surface area contributed by atoms with Crippen LogP contribution in [0.4, 0.5) is 5.69 Å². The van der Waals surface area contributed by atoms with Gasteiger partial charge in [0.2, 0.25) is 5.91 Å². The van der Waals surface area contributed by atoms with Crippen LogP contribution in [0.15, 0.2) is 81.0 Å². The molecule has 0 saturated carbocycles. The van der Waals surface area contributed by atoms with E-state index in [1.165, 1.54) is 11.8 Å². The van der Waals surface area contributed by atoms with E-state index in [4.69, 9.17) is 8.83 Å². The average Bonchev–Trinajstić information content (AvgIpc) is 3.37. The Morgan fingerprint density at radius 3 is 2.45 bits per heavy atom. The molecular formula is C22H19N3O3S. The predicted molar refractivity (Wildman–Crippen MR) is 112 cm³/mol. The molecule has 4 rings (SSSR count). The lowest BCUT2D eigenvalue weighted by Gasteiger charge is -2.15.